The molecule has 1 aromatic carbocycles. The van der Waals surface area contributed by atoms with Crippen LogP contribution in [0.1, 0.15) is 18.2 Å². The third-order valence-corrected chi connectivity index (χ3v) is 4.33. The summed E-state index contributed by atoms with van der Waals surface area (Å²) in [4.78, 5) is 3.59. The second kappa shape index (κ2) is 9.55. The molecule has 4 nitrogen and oxygen atoms in total. The van der Waals surface area contributed by atoms with E-state index < -0.39 is 6.10 Å². The van der Waals surface area contributed by atoms with Crippen LogP contribution in [0.2, 0.25) is 0 Å². The number of nitrogens with zero attached hydrogens (tertiary/aromatic N) is 1. The molecular formula is C18H25NO3S. The van der Waals surface area contributed by atoms with Crippen molar-refractivity contribution in [2.75, 3.05) is 26.8 Å². The Bertz CT molecular complexity index is 542. The van der Waals surface area contributed by atoms with E-state index in [0.717, 1.165) is 31.0 Å². The molecule has 1 heterocycles. The molecule has 0 aliphatic carbocycles. The van der Waals surface area contributed by atoms with Gasteiger partial charge in [0, 0.05) is 18.0 Å². The van der Waals surface area contributed by atoms with Gasteiger partial charge in [-0.3, -0.25) is 4.90 Å². The number of ether oxygens (including phenoxy) is 2. The molecular weight excluding hydrogens is 310 g/mol. The molecule has 0 aliphatic rings. The van der Waals surface area contributed by atoms with Gasteiger partial charge >= 0.3 is 0 Å². The summed E-state index contributed by atoms with van der Waals surface area (Å²) in [6, 6.07) is 11.6. The standard InChI is InChI=1S/C18H25NO3S/c1-3-10-19(13-18-5-4-11-23-18)12-15(20)14-22-17-8-6-16(21-2)7-9-17/h4-9,11,15,20H,3,10,12-14H2,1-2H3. The Morgan fingerprint density at radius 3 is 2.52 bits per heavy atom. The Morgan fingerprint density at radius 1 is 1.17 bits per heavy atom. The van der Waals surface area contributed by atoms with Gasteiger partial charge in [0.1, 0.15) is 24.2 Å². The first-order chi connectivity index (χ1) is 11.2. The zero-order valence-electron chi connectivity index (χ0n) is 13.8. The number of methoxy groups -OCH3 is 1. The Hall–Kier alpha value is -1.56. The molecule has 1 aromatic heterocycles. The Labute approximate surface area is 142 Å². The van der Waals surface area contributed by atoms with Crippen LogP contribution in [0.3, 0.4) is 0 Å². The molecule has 0 saturated carbocycles. The van der Waals surface area contributed by atoms with Crippen molar-refractivity contribution in [2.24, 2.45) is 0 Å². The first-order valence-electron chi connectivity index (χ1n) is 7.91. The summed E-state index contributed by atoms with van der Waals surface area (Å²) in [5, 5.41) is 12.3. The van der Waals surface area contributed by atoms with Crippen LogP contribution in [0.15, 0.2) is 41.8 Å². The summed E-state index contributed by atoms with van der Waals surface area (Å²) in [6.45, 7) is 4.91. The maximum Gasteiger partial charge on any atom is 0.119 e. The van der Waals surface area contributed by atoms with Crippen LogP contribution in [0, 0.1) is 0 Å². The molecule has 0 amide bonds. The Kier molecular flexibility index (Phi) is 7.39. The van der Waals surface area contributed by atoms with E-state index >= 15 is 0 Å². The fourth-order valence-corrected chi connectivity index (χ4v) is 3.14. The second-order valence-corrected chi connectivity index (χ2v) is 6.49. The van der Waals surface area contributed by atoms with E-state index in [1.54, 1.807) is 18.4 Å². The maximum absolute atomic E-state index is 10.2. The van der Waals surface area contributed by atoms with Crippen LogP contribution in [0.25, 0.3) is 0 Å². The number of hydrogen-bond acceptors (Lipinski definition) is 5. The quantitative estimate of drug-likeness (QED) is 0.722. The van der Waals surface area contributed by atoms with Crippen molar-refractivity contribution in [3.8, 4) is 11.5 Å². The summed E-state index contributed by atoms with van der Waals surface area (Å²) < 4.78 is 10.8. The molecule has 126 valence electrons. The van der Waals surface area contributed by atoms with Crippen molar-refractivity contribution in [1.82, 2.24) is 4.90 Å². The molecule has 5 heteroatoms. The highest BCUT2D eigenvalue weighted by atomic mass is 32.1. The molecule has 0 aliphatic heterocycles. The van der Waals surface area contributed by atoms with Gasteiger partial charge in [-0.15, -0.1) is 11.3 Å². The summed E-state index contributed by atoms with van der Waals surface area (Å²) in [7, 11) is 1.63. The summed E-state index contributed by atoms with van der Waals surface area (Å²) in [6.07, 6.45) is 0.556. The minimum Gasteiger partial charge on any atom is -0.497 e. The number of aliphatic hydroxyl groups excluding tert-OH is 1. The highest BCUT2D eigenvalue weighted by Gasteiger charge is 2.13. The molecule has 0 fully saturated rings. The molecule has 1 N–H and O–H groups in total. The summed E-state index contributed by atoms with van der Waals surface area (Å²) >= 11 is 1.75. The van der Waals surface area contributed by atoms with Gasteiger partial charge in [-0.05, 0) is 48.7 Å². The monoisotopic (exact) mass is 335 g/mol. The molecule has 2 rings (SSSR count). The van der Waals surface area contributed by atoms with E-state index in [4.69, 9.17) is 9.47 Å². The van der Waals surface area contributed by atoms with Crippen LogP contribution in [-0.4, -0.2) is 42.9 Å². The SMILES string of the molecule is CCCN(Cc1cccs1)CC(O)COc1ccc(OC)cc1. The lowest BCUT2D eigenvalue weighted by Gasteiger charge is -2.24. The molecule has 0 radical (unpaired) electrons. The zero-order valence-corrected chi connectivity index (χ0v) is 14.6. The molecule has 1 atom stereocenters. The van der Waals surface area contributed by atoms with Crippen molar-refractivity contribution in [2.45, 2.75) is 26.0 Å². The first kappa shape index (κ1) is 17.8. The lowest BCUT2D eigenvalue weighted by molar-refractivity contribution is 0.0659. The van der Waals surface area contributed by atoms with Crippen molar-refractivity contribution in [3.63, 3.8) is 0 Å². The topological polar surface area (TPSA) is 41.9 Å². The van der Waals surface area contributed by atoms with Gasteiger partial charge in [0.05, 0.1) is 7.11 Å². The Balaban J connectivity index is 1.79. The minimum atomic E-state index is -0.511. The average Bonchev–Trinajstić information content (AvgIpc) is 3.06. The van der Waals surface area contributed by atoms with Crippen molar-refractivity contribution in [1.29, 1.82) is 0 Å². The average molecular weight is 335 g/mol. The van der Waals surface area contributed by atoms with Gasteiger partial charge in [0.25, 0.3) is 0 Å². The van der Waals surface area contributed by atoms with Crippen molar-refractivity contribution in [3.05, 3.63) is 46.7 Å². The van der Waals surface area contributed by atoms with E-state index in [2.05, 4.69) is 29.3 Å². The van der Waals surface area contributed by atoms with E-state index in [0.29, 0.717) is 6.54 Å². The fourth-order valence-electron chi connectivity index (χ4n) is 2.39. The van der Waals surface area contributed by atoms with Crippen LogP contribution in [-0.2, 0) is 6.54 Å². The predicted molar refractivity (Wildman–Crippen MR) is 94.4 cm³/mol. The van der Waals surface area contributed by atoms with E-state index in [9.17, 15) is 5.11 Å². The molecule has 23 heavy (non-hydrogen) atoms. The smallest absolute Gasteiger partial charge is 0.119 e. The van der Waals surface area contributed by atoms with Gasteiger partial charge in [0.2, 0.25) is 0 Å². The van der Waals surface area contributed by atoms with Crippen LogP contribution < -0.4 is 9.47 Å². The second-order valence-electron chi connectivity index (χ2n) is 5.45. The number of thiophene rings is 1. The van der Waals surface area contributed by atoms with Gasteiger partial charge < -0.3 is 14.6 Å². The highest BCUT2D eigenvalue weighted by Crippen LogP contribution is 2.17. The first-order valence-corrected chi connectivity index (χ1v) is 8.79. The maximum atomic E-state index is 10.2. The minimum absolute atomic E-state index is 0.289. The van der Waals surface area contributed by atoms with E-state index in [-0.39, 0.29) is 6.61 Å². The van der Waals surface area contributed by atoms with Crippen molar-refractivity contribution >= 4 is 11.3 Å². The lowest BCUT2D eigenvalue weighted by atomic mass is 10.3. The fraction of sp³-hybridized carbons (Fsp3) is 0.444. The highest BCUT2D eigenvalue weighted by molar-refractivity contribution is 7.09. The molecule has 0 bridgehead atoms. The Morgan fingerprint density at radius 2 is 1.91 bits per heavy atom. The number of hydrogen-bond donors (Lipinski definition) is 1. The van der Waals surface area contributed by atoms with E-state index in [1.807, 2.05) is 24.3 Å². The summed E-state index contributed by atoms with van der Waals surface area (Å²) in [5.74, 6) is 1.54. The summed E-state index contributed by atoms with van der Waals surface area (Å²) in [5.41, 5.74) is 0. The third kappa shape index (κ3) is 6.22. The third-order valence-electron chi connectivity index (χ3n) is 3.47. The van der Waals surface area contributed by atoms with Gasteiger partial charge in [-0.1, -0.05) is 13.0 Å². The largest absolute Gasteiger partial charge is 0.497 e. The predicted octanol–water partition coefficient (Wildman–Crippen LogP) is 3.41. The number of benzene rings is 1. The van der Waals surface area contributed by atoms with Crippen LogP contribution in [0.4, 0.5) is 0 Å². The van der Waals surface area contributed by atoms with Crippen LogP contribution in [0.5, 0.6) is 11.5 Å². The van der Waals surface area contributed by atoms with Crippen molar-refractivity contribution < 1.29 is 14.6 Å². The zero-order chi connectivity index (χ0) is 16.5. The van der Waals surface area contributed by atoms with Gasteiger partial charge in [-0.25, -0.2) is 0 Å². The number of rotatable bonds is 10. The van der Waals surface area contributed by atoms with Gasteiger partial charge in [0.15, 0.2) is 0 Å². The normalized spacial score (nSPS) is 12.3. The van der Waals surface area contributed by atoms with E-state index in [1.165, 1.54) is 4.88 Å². The molecule has 1 unspecified atom stereocenters. The van der Waals surface area contributed by atoms with Gasteiger partial charge in [-0.2, -0.15) is 0 Å². The molecule has 0 saturated heterocycles. The van der Waals surface area contributed by atoms with Crippen LogP contribution >= 0.6 is 11.3 Å². The molecule has 0 spiro atoms. The molecule has 2 aromatic rings. The lowest BCUT2D eigenvalue weighted by Crippen LogP contribution is -2.35. The number of aliphatic hydroxyl groups is 1.